The first kappa shape index (κ1) is 12.9. The summed E-state index contributed by atoms with van der Waals surface area (Å²) in [6, 6.07) is 5.92. The van der Waals surface area contributed by atoms with Crippen LogP contribution in [0.15, 0.2) is 30.6 Å². The number of carbonyl (C=O) groups is 1. The van der Waals surface area contributed by atoms with E-state index in [1.54, 1.807) is 12.4 Å². The van der Waals surface area contributed by atoms with Crippen LogP contribution in [0.2, 0.25) is 0 Å². The Morgan fingerprint density at radius 1 is 1.35 bits per heavy atom. The fourth-order valence-corrected chi connectivity index (χ4v) is 2.71. The number of nitrogens with two attached hydrogens (primary N) is 1. The highest BCUT2D eigenvalue weighted by Gasteiger charge is 2.23. The zero-order valence-electron chi connectivity index (χ0n) is 11.3. The molecule has 20 heavy (non-hydrogen) atoms. The standard InChI is InChI=1S/C15H18N4O/c16-5-1-9-19-13-4-8-18-15(20)12(13)10-14(19)11-2-6-17-7-3-11/h2-3,6-7,10H,1,4-5,8-9,16H2,(H,18,20). The second-order valence-electron chi connectivity index (χ2n) is 4.93. The summed E-state index contributed by atoms with van der Waals surface area (Å²) in [4.78, 5) is 16.0. The Hall–Kier alpha value is -2.14. The topological polar surface area (TPSA) is 72.9 Å². The predicted molar refractivity (Wildman–Crippen MR) is 77.4 cm³/mol. The zero-order valence-corrected chi connectivity index (χ0v) is 11.3. The molecule has 0 aliphatic carbocycles. The molecule has 2 aromatic heterocycles. The van der Waals surface area contributed by atoms with Gasteiger partial charge in [0.15, 0.2) is 0 Å². The van der Waals surface area contributed by atoms with Crippen molar-refractivity contribution in [2.45, 2.75) is 19.4 Å². The van der Waals surface area contributed by atoms with E-state index in [9.17, 15) is 4.79 Å². The monoisotopic (exact) mass is 270 g/mol. The molecule has 0 spiro atoms. The third-order valence-corrected chi connectivity index (χ3v) is 3.66. The van der Waals surface area contributed by atoms with Crippen LogP contribution in [-0.2, 0) is 13.0 Å². The molecule has 3 heterocycles. The number of hydrogen-bond donors (Lipinski definition) is 2. The van der Waals surface area contributed by atoms with Gasteiger partial charge in [-0.2, -0.15) is 0 Å². The Kier molecular flexibility index (Phi) is 3.52. The van der Waals surface area contributed by atoms with E-state index in [2.05, 4.69) is 14.9 Å². The van der Waals surface area contributed by atoms with Gasteiger partial charge in [-0.3, -0.25) is 9.78 Å². The molecule has 3 N–H and O–H groups in total. The molecule has 0 saturated carbocycles. The van der Waals surface area contributed by atoms with Crippen LogP contribution < -0.4 is 11.1 Å². The highest BCUT2D eigenvalue weighted by atomic mass is 16.1. The second-order valence-corrected chi connectivity index (χ2v) is 4.93. The van der Waals surface area contributed by atoms with Crippen molar-refractivity contribution in [2.75, 3.05) is 13.1 Å². The van der Waals surface area contributed by atoms with Crippen LogP contribution in [0.25, 0.3) is 11.3 Å². The van der Waals surface area contributed by atoms with Gasteiger partial charge in [0.05, 0.1) is 5.56 Å². The Labute approximate surface area is 117 Å². The Morgan fingerprint density at radius 2 is 2.15 bits per heavy atom. The first-order valence-corrected chi connectivity index (χ1v) is 6.92. The van der Waals surface area contributed by atoms with Gasteiger partial charge in [0.25, 0.3) is 5.91 Å². The SMILES string of the molecule is NCCCn1c(-c2ccncc2)cc2c1CCNC2=O. The molecule has 3 rings (SSSR count). The molecule has 1 aliphatic heterocycles. The van der Waals surface area contributed by atoms with Gasteiger partial charge in [0.2, 0.25) is 0 Å². The number of carbonyl (C=O) groups excluding carboxylic acids is 1. The lowest BCUT2D eigenvalue weighted by molar-refractivity contribution is 0.0945. The summed E-state index contributed by atoms with van der Waals surface area (Å²) in [6.07, 6.45) is 5.32. The number of nitrogens with one attached hydrogen (secondary N) is 1. The van der Waals surface area contributed by atoms with Crippen molar-refractivity contribution in [3.8, 4) is 11.3 Å². The smallest absolute Gasteiger partial charge is 0.253 e. The van der Waals surface area contributed by atoms with Gasteiger partial charge in [-0.05, 0) is 31.2 Å². The number of nitrogens with zero attached hydrogens (tertiary/aromatic N) is 2. The molecular formula is C15H18N4O. The van der Waals surface area contributed by atoms with Gasteiger partial charge in [-0.25, -0.2) is 0 Å². The summed E-state index contributed by atoms with van der Waals surface area (Å²) in [5.74, 6) is 0.0213. The number of fused-ring (bicyclic) bond motifs is 1. The average molecular weight is 270 g/mol. The van der Waals surface area contributed by atoms with E-state index < -0.39 is 0 Å². The Balaban J connectivity index is 2.10. The van der Waals surface area contributed by atoms with Crippen LogP contribution in [0.3, 0.4) is 0 Å². The minimum atomic E-state index is 0.0213. The molecule has 0 radical (unpaired) electrons. The molecule has 5 heteroatoms. The van der Waals surface area contributed by atoms with E-state index in [1.807, 2.05) is 18.2 Å². The molecule has 0 aromatic carbocycles. The lowest BCUT2D eigenvalue weighted by Crippen LogP contribution is -2.32. The maximum atomic E-state index is 12.0. The first-order chi connectivity index (χ1) is 9.81. The minimum absolute atomic E-state index is 0.0213. The van der Waals surface area contributed by atoms with E-state index in [1.165, 1.54) is 0 Å². The molecule has 0 unspecified atom stereocenters. The molecule has 0 bridgehead atoms. The van der Waals surface area contributed by atoms with Gasteiger partial charge in [-0.15, -0.1) is 0 Å². The highest BCUT2D eigenvalue weighted by molar-refractivity contribution is 5.98. The van der Waals surface area contributed by atoms with Crippen LogP contribution in [0.5, 0.6) is 0 Å². The number of pyridine rings is 1. The molecule has 2 aromatic rings. The Bertz CT molecular complexity index is 618. The van der Waals surface area contributed by atoms with Crippen molar-refractivity contribution < 1.29 is 4.79 Å². The van der Waals surface area contributed by atoms with Crippen molar-refractivity contribution in [1.29, 1.82) is 0 Å². The van der Waals surface area contributed by atoms with Gasteiger partial charge < -0.3 is 15.6 Å². The maximum absolute atomic E-state index is 12.0. The molecule has 5 nitrogen and oxygen atoms in total. The maximum Gasteiger partial charge on any atom is 0.253 e. The van der Waals surface area contributed by atoms with E-state index in [4.69, 9.17) is 5.73 Å². The average Bonchev–Trinajstić information content (AvgIpc) is 2.86. The van der Waals surface area contributed by atoms with Crippen LogP contribution in [0.4, 0.5) is 0 Å². The zero-order chi connectivity index (χ0) is 13.9. The highest BCUT2D eigenvalue weighted by Crippen LogP contribution is 2.28. The summed E-state index contributed by atoms with van der Waals surface area (Å²) >= 11 is 0. The van der Waals surface area contributed by atoms with Gasteiger partial charge in [0.1, 0.15) is 0 Å². The Morgan fingerprint density at radius 3 is 2.90 bits per heavy atom. The van der Waals surface area contributed by atoms with Crippen molar-refractivity contribution in [3.63, 3.8) is 0 Å². The van der Waals surface area contributed by atoms with Crippen molar-refractivity contribution in [3.05, 3.63) is 41.9 Å². The molecule has 1 amide bonds. The summed E-state index contributed by atoms with van der Waals surface area (Å²) in [6.45, 7) is 2.19. The fourth-order valence-electron chi connectivity index (χ4n) is 2.71. The van der Waals surface area contributed by atoms with Crippen molar-refractivity contribution in [2.24, 2.45) is 5.73 Å². The third-order valence-electron chi connectivity index (χ3n) is 3.66. The summed E-state index contributed by atoms with van der Waals surface area (Å²) in [5.41, 5.74) is 9.70. The molecule has 0 saturated heterocycles. The lowest BCUT2D eigenvalue weighted by atomic mass is 10.1. The van der Waals surface area contributed by atoms with E-state index in [0.29, 0.717) is 13.1 Å². The predicted octanol–water partition coefficient (Wildman–Crippen LogP) is 1.18. The van der Waals surface area contributed by atoms with Crippen LogP contribution in [0, 0.1) is 0 Å². The van der Waals surface area contributed by atoms with E-state index >= 15 is 0 Å². The van der Waals surface area contributed by atoms with Crippen LogP contribution >= 0.6 is 0 Å². The molecule has 0 fully saturated rings. The molecule has 104 valence electrons. The summed E-state index contributed by atoms with van der Waals surface area (Å²) < 4.78 is 2.23. The largest absolute Gasteiger partial charge is 0.352 e. The van der Waals surface area contributed by atoms with Gasteiger partial charge in [0, 0.05) is 48.9 Å². The minimum Gasteiger partial charge on any atom is -0.352 e. The molecule has 0 atom stereocenters. The second kappa shape index (κ2) is 5.46. The van der Waals surface area contributed by atoms with Gasteiger partial charge >= 0.3 is 0 Å². The molecule has 1 aliphatic rings. The number of amides is 1. The van der Waals surface area contributed by atoms with Crippen LogP contribution in [0.1, 0.15) is 22.5 Å². The van der Waals surface area contributed by atoms with E-state index in [0.717, 1.165) is 41.9 Å². The first-order valence-electron chi connectivity index (χ1n) is 6.92. The van der Waals surface area contributed by atoms with Crippen LogP contribution in [-0.4, -0.2) is 28.5 Å². The lowest BCUT2D eigenvalue weighted by Gasteiger charge is -2.17. The summed E-state index contributed by atoms with van der Waals surface area (Å²) in [5, 5.41) is 2.90. The van der Waals surface area contributed by atoms with E-state index in [-0.39, 0.29) is 5.91 Å². The third kappa shape index (κ3) is 2.20. The normalized spacial score (nSPS) is 13.9. The number of hydrogen-bond acceptors (Lipinski definition) is 3. The quantitative estimate of drug-likeness (QED) is 0.876. The summed E-state index contributed by atoms with van der Waals surface area (Å²) in [7, 11) is 0. The number of rotatable bonds is 4. The van der Waals surface area contributed by atoms with Gasteiger partial charge in [-0.1, -0.05) is 0 Å². The molecular weight excluding hydrogens is 252 g/mol. The number of aromatic nitrogens is 2. The van der Waals surface area contributed by atoms with Crippen molar-refractivity contribution in [1.82, 2.24) is 14.9 Å². The fraction of sp³-hybridized carbons (Fsp3) is 0.333. The van der Waals surface area contributed by atoms with Crippen molar-refractivity contribution >= 4 is 5.91 Å².